The fraction of sp³-hybridized carbons (Fsp3) is 0.389. The first-order valence-electron chi connectivity index (χ1n) is 8.45. The molecular formula is C18H21N5O2. The first-order chi connectivity index (χ1) is 12.2. The Balaban J connectivity index is 1.53. The Morgan fingerprint density at radius 2 is 2.20 bits per heavy atom. The van der Waals surface area contributed by atoms with Gasteiger partial charge in [0.15, 0.2) is 11.5 Å². The number of fused-ring (bicyclic) bond motifs is 1. The van der Waals surface area contributed by atoms with Crippen LogP contribution < -0.4 is 10.5 Å². The molecule has 3 heterocycles. The molecule has 1 aliphatic rings. The van der Waals surface area contributed by atoms with Crippen LogP contribution in [-0.2, 0) is 6.54 Å². The van der Waals surface area contributed by atoms with E-state index >= 15 is 0 Å². The van der Waals surface area contributed by atoms with Crippen LogP contribution >= 0.6 is 0 Å². The maximum atomic E-state index is 6.02. The fourth-order valence-electron chi connectivity index (χ4n) is 3.42. The van der Waals surface area contributed by atoms with E-state index in [0.717, 1.165) is 48.5 Å². The number of aromatic nitrogens is 3. The molecule has 0 amide bonds. The van der Waals surface area contributed by atoms with Crippen molar-refractivity contribution in [2.45, 2.75) is 25.3 Å². The zero-order chi connectivity index (χ0) is 17.2. The van der Waals surface area contributed by atoms with E-state index in [1.54, 1.807) is 7.11 Å². The van der Waals surface area contributed by atoms with Crippen molar-refractivity contribution in [1.29, 1.82) is 0 Å². The third-order valence-corrected chi connectivity index (χ3v) is 4.68. The zero-order valence-electron chi connectivity index (χ0n) is 14.2. The molecule has 1 saturated heterocycles. The number of rotatable bonds is 4. The summed E-state index contributed by atoms with van der Waals surface area (Å²) in [7, 11) is 1.60. The van der Waals surface area contributed by atoms with Gasteiger partial charge in [-0.2, -0.15) is 0 Å². The van der Waals surface area contributed by atoms with Gasteiger partial charge < -0.3 is 14.9 Å². The summed E-state index contributed by atoms with van der Waals surface area (Å²) in [6, 6.07) is 7.89. The number of ether oxygens (including phenoxy) is 1. The summed E-state index contributed by atoms with van der Waals surface area (Å²) in [6.07, 6.45) is 3.58. The number of piperidine rings is 1. The Labute approximate surface area is 145 Å². The van der Waals surface area contributed by atoms with E-state index in [9.17, 15) is 0 Å². The first kappa shape index (κ1) is 15.8. The average molecular weight is 339 g/mol. The highest BCUT2D eigenvalue weighted by atomic mass is 16.5. The van der Waals surface area contributed by atoms with Crippen molar-refractivity contribution in [3.05, 3.63) is 42.0 Å². The van der Waals surface area contributed by atoms with Crippen molar-refractivity contribution in [2.24, 2.45) is 0 Å². The number of methoxy groups -OCH3 is 1. The standard InChI is InChI=1S/C18H21N5O2/c1-24-18-13(16(19)20-11-21-18)10-23-8-4-5-12(9-23)17-22-14-6-2-3-7-15(14)25-17/h2-3,6-7,11-12H,4-5,8-10H2,1H3,(H2,19,20,21). The van der Waals surface area contributed by atoms with Gasteiger partial charge in [0.25, 0.3) is 0 Å². The van der Waals surface area contributed by atoms with E-state index in [2.05, 4.69) is 19.9 Å². The van der Waals surface area contributed by atoms with Crippen LogP contribution in [0, 0.1) is 0 Å². The number of para-hydroxylation sites is 2. The van der Waals surface area contributed by atoms with Crippen LogP contribution in [0.5, 0.6) is 5.88 Å². The molecule has 1 atom stereocenters. The molecule has 0 bridgehead atoms. The van der Waals surface area contributed by atoms with Gasteiger partial charge in [-0.25, -0.2) is 15.0 Å². The van der Waals surface area contributed by atoms with Crippen LogP contribution in [0.2, 0.25) is 0 Å². The Bertz CT molecular complexity index is 846. The van der Waals surface area contributed by atoms with Gasteiger partial charge in [-0.3, -0.25) is 4.90 Å². The minimum absolute atomic E-state index is 0.276. The topological polar surface area (TPSA) is 90.3 Å². The second-order valence-corrected chi connectivity index (χ2v) is 6.34. The molecule has 7 heteroatoms. The molecule has 0 aliphatic carbocycles. The van der Waals surface area contributed by atoms with Gasteiger partial charge >= 0.3 is 0 Å². The number of nitrogens with zero attached hydrogens (tertiary/aromatic N) is 4. The van der Waals surface area contributed by atoms with E-state index in [0.29, 0.717) is 18.2 Å². The minimum Gasteiger partial charge on any atom is -0.481 e. The summed E-state index contributed by atoms with van der Waals surface area (Å²) in [5.41, 5.74) is 8.62. The van der Waals surface area contributed by atoms with Crippen LogP contribution in [-0.4, -0.2) is 40.1 Å². The van der Waals surface area contributed by atoms with Crippen molar-refractivity contribution in [2.75, 3.05) is 25.9 Å². The molecule has 0 radical (unpaired) electrons. The lowest BCUT2D eigenvalue weighted by Gasteiger charge is -2.31. The maximum Gasteiger partial charge on any atom is 0.222 e. The number of benzene rings is 1. The summed E-state index contributed by atoms with van der Waals surface area (Å²) >= 11 is 0. The first-order valence-corrected chi connectivity index (χ1v) is 8.45. The number of oxazole rings is 1. The molecule has 7 nitrogen and oxygen atoms in total. The van der Waals surface area contributed by atoms with Crippen LogP contribution in [0.4, 0.5) is 5.82 Å². The molecule has 0 saturated carbocycles. The van der Waals surface area contributed by atoms with Crippen molar-refractivity contribution < 1.29 is 9.15 Å². The molecular weight excluding hydrogens is 318 g/mol. The van der Waals surface area contributed by atoms with Crippen molar-refractivity contribution in [3.63, 3.8) is 0 Å². The third kappa shape index (κ3) is 3.15. The fourth-order valence-corrected chi connectivity index (χ4v) is 3.42. The predicted molar refractivity (Wildman–Crippen MR) is 94.3 cm³/mol. The lowest BCUT2D eigenvalue weighted by Crippen LogP contribution is -2.34. The molecule has 3 aromatic rings. The monoisotopic (exact) mass is 339 g/mol. The Morgan fingerprint density at radius 1 is 1.32 bits per heavy atom. The molecule has 1 aromatic carbocycles. The van der Waals surface area contributed by atoms with Gasteiger partial charge in [0.05, 0.1) is 12.7 Å². The van der Waals surface area contributed by atoms with Gasteiger partial charge in [0, 0.05) is 19.0 Å². The van der Waals surface area contributed by atoms with Crippen LogP contribution in [0.25, 0.3) is 11.1 Å². The van der Waals surface area contributed by atoms with Crippen LogP contribution in [0.15, 0.2) is 35.0 Å². The molecule has 1 unspecified atom stereocenters. The summed E-state index contributed by atoms with van der Waals surface area (Å²) < 4.78 is 11.3. The van der Waals surface area contributed by atoms with Gasteiger partial charge in [-0.1, -0.05) is 12.1 Å². The summed E-state index contributed by atoms with van der Waals surface area (Å²) in [4.78, 5) is 15.2. The van der Waals surface area contributed by atoms with Crippen LogP contribution in [0.3, 0.4) is 0 Å². The molecule has 4 rings (SSSR count). The van der Waals surface area contributed by atoms with E-state index in [-0.39, 0.29) is 5.92 Å². The zero-order valence-corrected chi connectivity index (χ0v) is 14.2. The molecule has 2 aromatic heterocycles. The average Bonchev–Trinajstić information content (AvgIpc) is 3.08. The van der Waals surface area contributed by atoms with E-state index in [4.69, 9.17) is 14.9 Å². The van der Waals surface area contributed by atoms with E-state index in [1.807, 2.05) is 24.3 Å². The van der Waals surface area contributed by atoms with Gasteiger partial charge in [0.2, 0.25) is 5.88 Å². The molecule has 1 aliphatic heterocycles. The van der Waals surface area contributed by atoms with Crippen molar-refractivity contribution in [1.82, 2.24) is 19.9 Å². The number of hydrogen-bond acceptors (Lipinski definition) is 7. The van der Waals surface area contributed by atoms with Crippen molar-refractivity contribution >= 4 is 16.9 Å². The summed E-state index contributed by atoms with van der Waals surface area (Å²) in [5.74, 6) is 2.10. The maximum absolute atomic E-state index is 6.02. The Hall–Kier alpha value is -2.67. The van der Waals surface area contributed by atoms with Crippen molar-refractivity contribution in [3.8, 4) is 5.88 Å². The molecule has 25 heavy (non-hydrogen) atoms. The number of anilines is 1. The minimum atomic E-state index is 0.276. The molecule has 2 N–H and O–H groups in total. The molecule has 1 fully saturated rings. The normalized spacial score (nSPS) is 18.5. The van der Waals surface area contributed by atoms with E-state index < -0.39 is 0 Å². The lowest BCUT2D eigenvalue weighted by molar-refractivity contribution is 0.185. The lowest BCUT2D eigenvalue weighted by atomic mass is 9.97. The largest absolute Gasteiger partial charge is 0.481 e. The Kier molecular flexibility index (Phi) is 4.23. The van der Waals surface area contributed by atoms with Gasteiger partial charge in [0.1, 0.15) is 17.7 Å². The van der Waals surface area contributed by atoms with E-state index in [1.165, 1.54) is 6.33 Å². The molecule has 0 spiro atoms. The SMILES string of the molecule is COc1ncnc(N)c1CN1CCCC(c2nc3ccccc3o2)C1. The van der Waals surface area contributed by atoms with Gasteiger partial charge in [-0.15, -0.1) is 0 Å². The highest BCUT2D eigenvalue weighted by molar-refractivity contribution is 5.72. The second kappa shape index (κ2) is 6.68. The number of nitrogens with two attached hydrogens (primary N) is 1. The summed E-state index contributed by atoms with van der Waals surface area (Å²) in [6.45, 7) is 2.52. The predicted octanol–water partition coefficient (Wildman–Crippen LogP) is 2.59. The number of hydrogen-bond donors (Lipinski definition) is 1. The second-order valence-electron chi connectivity index (χ2n) is 6.34. The summed E-state index contributed by atoms with van der Waals surface area (Å²) in [5, 5.41) is 0. The number of nitrogen functional groups attached to an aromatic ring is 1. The highest BCUT2D eigenvalue weighted by Crippen LogP contribution is 2.31. The third-order valence-electron chi connectivity index (χ3n) is 4.68. The quantitative estimate of drug-likeness (QED) is 0.781. The smallest absolute Gasteiger partial charge is 0.222 e. The molecule has 130 valence electrons. The van der Waals surface area contributed by atoms with Crippen LogP contribution in [0.1, 0.15) is 30.2 Å². The Morgan fingerprint density at radius 3 is 3.04 bits per heavy atom. The number of likely N-dealkylation sites (tertiary alicyclic amines) is 1. The van der Waals surface area contributed by atoms with Gasteiger partial charge in [-0.05, 0) is 31.5 Å². The highest BCUT2D eigenvalue weighted by Gasteiger charge is 2.26.